The summed E-state index contributed by atoms with van der Waals surface area (Å²) in [5, 5.41) is 8.92. The predicted molar refractivity (Wildman–Crippen MR) is 122 cm³/mol. The first-order valence-corrected chi connectivity index (χ1v) is 13.2. The number of aromatic nitrogens is 4. The van der Waals surface area contributed by atoms with Crippen LogP contribution in [0, 0.1) is 19.7 Å². The molecule has 0 radical (unpaired) electrons. The van der Waals surface area contributed by atoms with Gasteiger partial charge in [0, 0.05) is 35.6 Å². The van der Waals surface area contributed by atoms with Gasteiger partial charge in [-0.2, -0.15) is 0 Å². The van der Waals surface area contributed by atoms with Crippen LogP contribution in [-0.2, 0) is 16.9 Å². The van der Waals surface area contributed by atoms with Crippen LogP contribution in [0.15, 0.2) is 29.4 Å². The number of halogens is 2. The van der Waals surface area contributed by atoms with Gasteiger partial charge in [0.05, 0.1) is 22.3 Å². The Kier molecular flexibility index (Phi) is 6.21. The molecule has 1 aliphatic heterocycles. The summed E-state index contributed by atoms with van der Waals surface area (Å²) in [4.78, 5) is 13.0. The summed E-state index contributed by atoms with van der Waals surface area (Å²) in [7, 11) is -1.23. The maximum Gasteiger partial charge on any atom is 0.191 e. The molecule has 1 atom stereocenters. The predicted octanol–water partition coefficient (Wildman–Crippen LogP) is 3.89. The number of thioether (sulfide) groups is 1. The molecule has 1 aliphatic rings. The van der Waals surface area contributed by atoms with E-state index in [4.69, 9.17) is 11.6 Å². The number of rotatable bonds is 6. The molecule has 1 saturated heterocycles. The minimum Gasteiger partial charge on any atom is -0.318 e. The van der Waals surface area contributed by atoms with Crippen LogP contribution < -0.4 is 0 Å². The quantitative estimate of drug-likeness (QED) is 0.380. The van der Waals surface area contributed by atoms with Crippen molar-refractivity contribution in [2.75, 3.05) is 17.3 Å². The van der Waals surface area contributed by atoms with E-state index < -0.39 is 15.7 Å². The van der Waals surface area contributed by atoms with Gasteiger partial charge in [-0.05, 0) is 44.5 Å². The van der Waals surface area contributed by atoms with Crippen molar-refractivity contribution < 1.29 is 17.6 Å². The molecule has 7 nitrogen and oxygen atoms in total. The van der Waals surface area contributed by atoms with Crippen LogP contribution in [0.3, 0.4) is 0 Å². The minimum absolute atomic E-state index is 0.0200. The molecule has 4 rings (SSSR count). The number of carbonyl (C=O) groups excluding carboxylic acids is 1. The monoisotopic (exact) mass is 496 g/mol. The topological polar surface area (TPSA) is 86.9 Å². The van der Waals surface area contributed by atoms with E-state index in [2.05, 4.69) is 10.2 Å². The van der Waals surface area contributed by atoms with Crippen molar-refractivity contribution >= 4 is 39.0 Å². The zero-order valence-corrected chi connectivity index (χ0v) is 20.2. The van der Waals surface area contributed by atoms with Crippen molar-refractivity contribution in [2.45, 2.75) is 31.3 Å². The second kappa shape index (κ2) is 8.64. The van der Waals surface area contributed by atoms with Gasteiger partial charge >= 0.3 is 0 Å². The molecule has 11 heteroatoms. The molecule has 170 valence electrons. The summed E-state index contributed by atoms with van der Waals surface area (Å²) in [6.07, 6.45) is 0.539. The second-order valence-electron chi connectivity index (χ2n) is 7.93. The first kappa shape index (κ1) is 23.0. The van der Waals surface area contributed by atoms with Gasteiger partial charge in [0.15, 0.2) is 20.8 Å². The van der Waals surface area contributed by atoms with E-state index in [0.717, 1.165) is 11.4 Å². The van der Waals surface area contributed by atoms with Gasteiger partial charge in [-0.15, -0.1) is 10.2 Å². The van der Waals surface area contributed by atoms with Gasteiger partial charge in [-0.25, -0.2) is 12.8 Å². The Balaban J connectivity index is 1.50. The van der Waals surface area contributed by atoms with Crippen molar-refractivity contribution in [2.24, 2.45) is 7.05 Å². The Morgan fingerprint density at radius 1 is 1.28 bits per heavy atom. The number of hydrogen-bond donors (Lipinski definition) is 0. The Labute approximate surface area is 194 Å². The number of aryl methyl sites for hydroxylation is 1. The van der Waals surface area contributed by atoms with Gasteiger partial charge < -0.3 is 9.13 Å². The molecule has 0 aliphatic carbocycles. The number of hydrogen-bond acceptors (Lipinski definition) is 6. The summed E-state index contributed by atoms with van der Waals surface area (Å²) in [5.41, 5.74) is 2.83. The molecule has 0 amide bonds. The smallest absolute Gasteiger partial charge is 0.191 e. The van der Waals surface area contributed by atoms with Crippen molar-refractivity contribution in [3.63, 3.8) is 0 Å². The van der Waals surface area contributed by atoms with E-state index in [1.165, 1.54) is 23.9 Å². The number of carbonyl (C=O) groups is 1. The number of sulfone groups is 1. The summed E-state index contributed by atoms with van der Waals surface area (Å²) < 4.78 is 40.7. The summed E-state index contributed by atoms with van der Waals surface area (Å²) in [6, 6.07) is 6.26. The fourth-order valence-corrected chi connectivity index (χ4v) is 6.80. The van der Waals surface area contributed by atoms with Crippen molar-refractivity contribution in [3.8, 4) is 5.69 Å². The highest BCUT2D eigenvalue weighted by molar-refractivity contribution is 7.99. The zero-order valence-electron chi connectivity index (χ0n) is 17.8. The second-order valence-corrected chi connectivity index (χ2v) is 11.5. The van der Waals surface area contributed by atoms with Gasteiger partial charge in [0.1, 0.15) is 11.6 Å². The zero-order chi connectivity index (χ0) is 23.2. The highest BCUT2D eigenvalue weighted by atomic mass is 35.5. The summed E-state index contributed by atoms with van der Waals surface area (Å²) >= 11 is 7.19. The number of nitrogens with zero attached hydrogens (tertiary/aromatic N) is 4. The number of benzene rings is 1. The lowest BCUT2D eigenvalue weighted by Gasteiger charge is -2.11. The van der Waals surface area contributed by atoms with E-state index in [1.807, 2.05) is 18.4 Å². The SMILES string of the molecule is Cc1cc(C(=O)CSc2nnc(C3CCS(=O)(=O)C3)n2C)c(C)n1-c1ccc(F)c(Cl)c1. The molecule has 3 aromatic rings. The lowest BCUT2D eigenvalue weighted by Crippen LogP contribution is -2.10. The third-order valence-corrected chi connectivity index (χ3v) is 8.77. The van der Waals surface area contributed by atoms with Gasteiger partial charge in [-0.3, -0.25) is 4.79 Å². The summed E-state index contributed by atoms with van der Waals surface area (Å²) in [6.45, 7) is 3.71. The van der Waals surface area contributed by atoms with E-state index in [1.54, 1.807) is 23.7 Å². The third-order valence-electron chi connectivity index (χ3n) is 5.69. The lowest BCUT2D eigenvalue weighted by molar-refractivity contribution is 0.102. The van der Waals surface area contributed by atoms with Crippen LogP contribution in [0.4, 0.5) is 4.39 Å². The molecular weight excluding hydrogens is 475 g/mol. The molecule has 1 unspecified atom stereocenters. The molecule has 1 fully saturated rings. The van der Waals surface area contributed by atoms with Crippen LogP contribution in [0.25, 0.3) is 5.69 Å². The largest absolute Gasteiger partial charge is 0.318 e. The standard InChI is InChI=1S/C21H22ClFN4O3S2/c1-12-8-16(13(2)27(12)15-4-5-18(23)17(22)9-15)19(28)10-31-21-25-24-20(26(21)3)14-6-7-32(29,30)11-14/h4-5,8-9,14H,6-7,10-11H2,1-3H3. The molecule has 2 aromatic heterocycles. The number of Topliss-reactive ketones (excluding diaryl/α,β-unsaturated/α-hetero) is 1. The van der Waals surface area contributed by atoms with E-state index in [-0.39, 0.29) is 34.0 Å². The van der Waals surface area contributed by atoms with E-state index in [0.29, 0.717) is 28.7 Å². The molecule has 32 heavy (non-hydrogen) atoms. The van der Waals surface area contributed by atoms with Crippen LogP contribution in [0.1, 0.15) is 39.9 Å². The maximum absolute atomic E-state index is 13.5. The first-order valence-electron chi connectivity index (χ1n) is 9.97. The molecule has 0 saturated carbocycles. The van der Waals surface area contributed by atoms with Crippen LogP contribution in [0.5, 0.6) is 0 Å². The Bertz CT molecular complexity index is 1320. The van der Waals surface area contributed by atoms with Crippen LogP contribution in [-0.4, -0.2) is 50.8 Å². The molecule has 3 heterocycles. The highest BCUT2D eigenvalue weighted by Gasteiger charge is 2.32. The molecule has 0 bridgehead atoms. The van der Waals surface area contributed by atoms with Crippen molar-refractivity contribution in [3.05, 3.63) is 57.9 Å². The highest BCUT2D eigenvalue weighted by Crippen LogP contribution is 2.30. The van der Waals surface area contributed by atoms with E-state index in [9.17, 15) is 17.6 Å². The first-order chi connectivity index (χ1) is 15.1. The molecule has 0 N–H and O–H groups in total. The minimum atomic E-state index is -3.02. The Morgan fingerprint density at radius 2 is 2.03 bits per heavy atom. The maximum atomic E-state index is 13.5. The lowest BCUT2D eigenvalue weighted by atomic mass is 10.1. The van der Waals surface area contributed by atoms with Gasteiger partial charge in [0.25, 0.3) is 0 Å². The third kappa shape index (κ3) is 4.35. The fourth-order valence-electron chi connectivity index (χ4n) is 4.08. The summed E-state index contributed by atoms with van der Waals surface area (Å²) in [5.74, 6) is 0.307. The van der Waals surface area contributed by atoms with Gasteiger partial charge in [-0.1, -0.05) is 23.4 Å². The fraction of sp³-hybridized carbons (Fsp3) is 0.381. The Morgan fingerprint density at radius 3 is 2.69 bits per heavy atom. The normalized spacial score (nSPS) is 17.7. The molecule has 0 spiro atoms. The molecule has 1 aromatic carbocycles. The van der Waals surface area contributed by atoms with Gasteiger partial charge in [0.2, 0.25) is 0 Å². The average molecular weight is 497 g/mol. The molecular formula is C21H22ClFN4O3S2. The Hall–Kier alpha value is -2.17. The van der Waals surface area contributed by atoms with Crippen molar-refractivity contribution in [1.82, 2.24) is 19.3 Å². The average Bonchev–Trinajstić information content (AvgIpc) is 3.37. The van der Waals surface area contributed by atoms with E-state index >= 15 is 0 Å². The van der Waals surface area contributed by atoms with Crippen LogP contribution >= 0.6 is 23.4 Å². The van der Waals surface area contributed by atoms with Crippen LogP contribution in [0.2, 0.25) is 5.02 Å². The van der Waals surface area contributed by atoms with Crippen molar-refractivity contribution in [1.29, 1.82) is 0 Å². The number of ketones is 1.